The quantitative estimate of drug-likeness (QED) is 0.642. The van der Waals surface area contributed by atoms with Gasteiger partial charge in [0.2, 0.25) is 0 Å². The van der Waals surface area contributed by atoms with Gasteiger partial charge in [0, 0.05) is 12.0 Å². The maximum absolute atomic E-state index is 12.6. The summed E-state index contributed by atoms with van der Waals surface area (Å²) >= 11 is 0. The number of carbonyl (C=O) groups excluding carboxylic acids is 2. The summed E-state index contributed by atoms with van der Waals surface area (Å²) in [5.74, 6) is -0.671. The molecule has 0 aromatic heterocycles. The summed E-state index contributed by atoms with van der Waals surface area (Å²) in [7, 11) is 0. The summed E-state index contributed by atoms with van der Waals surface area (Å²) in [6, 6.07) is 16.4. The number of benzene rings is 2. The first-order valence-corrected chi connectivity index (χ1v) is 8.46. The maximum Gasteiger partial charge on any atom is 0.261 e. The van der Waals surface area contributed by atoms with Crippen molar-refractivity contribution < 1.29 is 14.7 Å². The summed E-state index contributed by atoms with van der Waals surface area (Å²) < 4.78 is 0. The molecule has 0 unspecified atom stereocenters. The summed E-state index contributed by atoms with van der Waals surface area (Å²) in [4.78, 5) is 26.3. The molecule has 2 aromatic rings. The first kappa shape index (κ1) is 17.8. The number of hydrogen-bond donors (Lipinski definition) is 1. The lowest BCUT2D eigenvalue weighted by Gasteiger charge is -2.33. The highest BCUT2D eigenvalue weighted by Crippen LogP contribution is 2.31. The molecule has 1 aliphatic rings. The van der Waals surface area contributed by atoms with Gasteiger partial charge in [0.05, 0.1) is 17.2 Å². The monoisotopic (exact) mass is 347 g/mol. The third kappa shape index (κ3) is 3.24. The molecular formula is C22H21NO3. The Labute approximate surface area is 153 Å². The molecule has 132 valence electrons. The molecule has 2 aromatic carbocycles. The third-order valence-electron chi connectivity index (χ3n) is 4.79. The lowest BCUT2D eigenvalue weighted by atomic mass is 9.83. The van der Waals surface area contributed by atoms with Gasteiger partial charge in [-0.05, 0) is 17.7 Å². The van der Waals surface area contributed by atoms with Crippen molar-refractivity contribution in [2.45, 2.75) is 13.0 Å². The Morgan fingerprint density at radius 3 is 2.12 bits per heavy atom. The van der Waals surface area contributed by atoms with Gasteiger partial charge in [0.25, 0.3) is 11.8 Å². The third-order valence-corrected chi connectivity index (χ3v) is 4.79. The van der Waals surface area contributed by atoms with Crippen molar-refractivity contribution in [2.75, 3.05) is 6.54 Å². The normalized spacial score (nSPS) is 17.2. The number of fused-ring (bicyclic) bond motifs is 1. The molecule has 2 amide bonds. The van der Waals surface area contributed by atoms with Crippen molar-refractivity contribution in [2.24, 2.45) is 5.41 Å². The average molecular weight is 347 g/mol. The topological polar surface area (TPSA) is 57.6 Å². The Kier molecular flexibility index (Phi) is 4.87. The molecule has 1 N–H and O–H groups in total. The van der Waals surface area contributed by atoms with Gasteiger partial charge in [-0.3, -0.25) is 14.5 Å². The van der Waals surface area contributed by atoms with Crippen molar-refractivity contribution >= 4 is 17.9 Å². The predicted molar refractivity (Wildman–Crippen MR) is 102 cm³/mol. The van der Waals surface area contributed by atoms with E-state index in [0.717, 1.165) is 5.56 Å². The van der Waals surface area contributed by atoms with Gasteiger partial charge in [-0.2, -0.15) is 0 Å². The molecular weight excluding hydrogens is 326 g/mol. The fraction of sp³-hybridized carbons (Fsp3) is 0.182. The van der Waals surface area contributed by atoms with Gasteiger partial charge in [-0.1, -0.05) is 67.6 Å². The van der Waals surface area contributed by atoms with Crippen LogP contribution in [0.4, 0.5) is 0 Å². The van der Waals surface area contributed by atoms with E-state index in [2.05, 4.69) is 6.58 Å². The van der Waals surface area contributed by atoms with Crippen LogP contribution in [-0.4, -0.2) is 34.5 Å². The van der Waals surface area contributed by atoms with Crippen molar-refractivity contribution in [1.29, 1.82) is 0 Å². The minimum Gasteiger partial charge on any atom is -0.388 e. The maximum atomic E-state index is 12.6. The molecule has 0 saturated carbocycles. The van der Waals surface area contributed by atoms with E-state index in [1.165, 1.54) is 4.90 Å². The largest absolute Gasteiger partial charge is 0.388 e. The van der Waals surface area contributed by atoms with Crippen molar-refractivity contribution in [3.63, 3.8) is 0 Å². The Morgan fingerprint density at radius 2 is 1.58 bits per heavy atom. The van der Waals surface area contributed by atoms with Gasteiger partial charge in [0.15, 0.2) is 0 Å². The van der Waals surface area contributed by atoms with E-state index in [-0.39, 0.29) is 18.4 Å². The zero-order valence-corrected chi connectivity index (χ0v) is 14.6. The number of carbonyl (C=O) groups is 2. The second kappa shape index (κ2) is 7.10. The number of aliphatic hydroxyl groups excluding tert-OH is 1. The average Bonchev–Trinajstić information content (AvgIpc) is 2.92. The molecule has 1 aliphatic heterocycles. The van der Waals surface area contributed by atoms with E-state index in [0.29, 0.717) is 11.1 Å². The molecule has 3 rings (SSSR count). The Morgan fingerprint density at radius 1 is 1.04 bits per heavy atom. The number of hydrogen-bond acceptors (Lipinski definition) is 3. The first-order chi connectivity index (χ1) is 12.5. The smallest absolute Gasteiger partial charge is 0.261 e. The number of amides is 2. The van der Waals surface area contributed by atoms with Gasteiger partial charge >= 0.3 is 0 Å². The van der Waals surface area contributed by atoms with E-state index in [4.69, 9.17) is 0 Å². The number of nitrogens with zero attached hydrogens (tertiary/aromatic N) is 1. The number of imide groups is 1. The summed E-state index contributed by atoms with van der Waals surface area (Å²) in [6.45, 7) is 5.65. The van der Waals surface area contributed by atoms with Crippen LogP contribution >= 0.6 is 0 Å². The highest BCUT2D eigenvalue weighted by atomic mass is 16.3. The fourth-order valence-corrected chi connectivity index (χ4v) is 2.99. The summed E-state index contributed by atoms with van der Waals surface area (Å²) in [5.41, 5.74) is 0.897. The van der Waals surface area contributed by atoms with Crippen LogP contribution in [-0.2, 0) is 0 Å². The van der Waals surface area contributed by atoms with Crippen LogP contribution in [0.2, 0.25) is 0 Å². The molecule has 2 atom stereocenters. The Balaban J connectivity index is 1.80. The van der Waals surface area contributed by atoms with Crippen LogP contribution in [0.25, 0.3) is 6.08 Å². The van der Waals surface area contributed by atoms with Crippen LogP contribution in [0, 0.1) is 5.41 Å². The van der Waals surface area contributed by atoms with Crippen molar-refractivity contribution in [1.82, 2.24) is 4.90 Å². The van der Waals surface area contributed by atoms with E-state index in [1.54, 1.807) is 43.3 Å². The van der Waals surface area contributed by atoms with E-state index < -0.39 is 11.5 Å². The minimum atomic E-state index is -0.899. The molecule has 4 nitrogen and oxygen atoms in total. The highest BCUT2D eigenvalue weighted by molar-refractivity contribution is 6.21. The zero-order chi connectivity index (χ0) is 18.7. The van der Waals surface area contributed by atoms with Gasteiger partial charge in [-0.15, -0.1) is 6.58 Å². The van der Waals surface area contributed by atoms with E-state index >= 15 is 0 Å². The van der Waals surface area contributed by atoms with Crippen molar-refractivity contribution in [3.05, 3.63) is 90.0 Å². The second-order valence-corrected chi connectivity index (χ2v) is 6.67. The minimum absolute atomic E-state index is 0.0587. The predicted octanol–water partition coefficient (Wildman–Crippen LogP) is 3.55. The number of aliphatic hydroxyl groups is 1. The van der Waals surface area contributed by atoms with E-state index in [1.807, 2.05) is 36.4 Å². The Hall–Kier alpha value is -2.98. The molecule has 0 aliphatic carbocycles. The highest BCUT2D eigenvalue weighted by Gasteiger charge is 2.40. The van der Waals surface area contributed by atoms with Crippen LogP contribution in [0.3, 0.4) is 0 Å². The molecule has 4 heteroatoms. The molecule has 0 fully saturated rings. The lowest BCUT2D eigenvalue weighted by Crippen LogP contribution is -2.44. The molecule has 0 radical (unpaired) electrons. The van der Waals surface area contributed by atoms with Crippen LogP contribution in [0.5, 0.6) is 0 Å². The van der Waals surface area contributed by atoms with Gasteiger partial charge in [-0.25, -0.2) is 0 Å². The van der Waals surface area contributed by atoms with Crippen LogP contribution in [0.1, 0.15) is 33.2 Å². The van der Waals surface area contributed by atoms with E-state index in [9.17, 15) is 14.7 Å². The van der Waals surface area contributed by atoms with Crippen LogP contribution < -0.4 is 0 Å². The first-order valence-electron chi connectivity index (χ1n) is 8.46. The van der Waals surface area contributed by atoms with Crippen molar-refractivity contribution in [3.8, 4) is 0 Å². The fourth-order valence-electron chi connectivity index (χ4n) is 2.99. The van der Waals surface area contributed by atoms with Gasteiger partial charge in [0.1, 0.15) is 0 Å². The summed E-state index contributed by atoms with van der Waals surface area (Å²) in [6.07, 6.45) is 4.17. The van der Waals surface area contributed by atoms with Gasteiger partial charge < -0.3 is 5.11 Å². The zero-order valence-electron chi connectivity index (χ0n) is 14.6. The van der Waals surface area contributed by atoms with Crippen LogP contribution in [0.15, 0.2) is 73.3 Å². The molecule has 0 spiro atoms. The SMILES string of the molecule is C=C[C@@](C)(CN1C(=O)c2ccccc2C1=O)[C@@H](O)/C=C/c1ccccc1. The summed E-state index contributed by atoms with van der Waals surface area (Å²) in [5, 5.41) is 10.7. The second-order valence-electron chi connectivity index (χ2n) is 6.67. The number of rotatable bonds is 6. The molecule has 26 heavy (non-hydrogen) atoms. The standard InChI is InChI=1S/C22H21NO3/c1-3-22(2,19(24)14-13-16-9-5-4-6-10-16)15-23-20(25)17-11-7-8-12-18(17)21(23)26/h3-14,19,24H,1,15H2,2H3/b14-13+/t19-,22-/m0/s1. The lowest BCUT2D eigenvalue weighted by molar-refractivity contribution is 0.0482. The Bertz CT molecular complexity index is 837. The molecule has 0 saturated heterocycles. The molecule has 1 heterocycles. The molecule has 0 bridgehead atoms.